The SMILES string of the molecule is O=c1[nH]cccc1SCC[C@@H]1OCC[C@@]2(Cc3ccc(Cl)cc3)c3c(F)ccc(F)c3OC[C@@H]12. The second kappa shape index (κ2) is 9.72. The maximum atomic E-state index is 15.3. The minimum Gasteiger partial charge on any atom is -0.490 e. The monoisotopic (exact) mass is 503 g/mol. The molecule has 34 heavy (non-hydrogen) atoms. The van der Waals surface area contributed by atoms with E-state index in [0.29, 0.717) is 47.1 Å². The molecule has 1 fully saturated rings. The molecule has 0 spiro atoms. The van der Waals surface area contributed by atoms with E-state index in [-0.39, 0.29) is 29.9 Å². The van der Waals surface area contributed by atoms with Crippen LogP contribution in [0.15, 0.2) is 64.4 Å². The number of aromatic amines is 1. The number of halogens is 3. The molecule has 1 N–H and O–H groups in total. The lowest BCUT2D eigenvalue weighted by atomic mass is 9.60. The van der Waals surface area contributed by atoms with Crippen molar-refractivity contribution in [2.45, 2.75) is 35.7 Å². The summed E-state index contributed by atoms with van der Waals surface area (Å²) in [4.78, 5) is 15.3. The van der Waals surface area contributed by atoms with E-state index >= 15 is 4.39 Å². The van der Waals surface area contributed by atoms with Crippen LogP contribution in [0.3, 0.4) is 0 Å². The Hall–Kier alpha value is -2.35. The molecule has 3 atom stereocenters. The van der Waals surface area contributed by atoms with E-state index in [1.807, 2.05) is 24.3 Å². The Morgan fingerprint density at radius 1 is 1.12 bits per heavy atom. The molecule has 0 radical (unpaired) electrons. The van der Waals surface area contributed by atoms with Gasteiger partial charge in [-0.1, -0.05) is 23.7 Å². The van der Waals surface area contributed by atoms with Gasteiger partial charge in [0.15, 0.2) is 11.6 Å². The standard InChI is InChI=1S/C26H24ClF2NO3S/c27-17-5-3-16(4-6-17)14-26-10-12-32-21(9-13-34-22-2-1-11-30-25(22)31)18(26)15-33-24-20(29)8-7-19(28)23(24)26/h1-8,11,18,21H,9-10,12-15H2,(H,30,31)/t18-,21-,26-/m0/s1. The molecule has 3 aromatic rings. The Balaban J connectivity index is 1.47. The van der Waals surface area contributed by atoms with Gasteiger partial charge in [0.2, 0.25) is 0 Å². The van der Waals surface area contributed by atoms with Crippen LogP contribution < -0.4 is 10.3 Å². The average Bonchev–Trinajstić information content (AvgIpc) is 2.83. The smallest absolute Gasteiger partial charge is 0.261 e. The maximum absolute atomic E-state index is 15.3. The summed E-state index contributed by atoms with van der Waals surface area (Å²) >= 11 is 7.55. The zero-order valence-electron chi connectivity index (χ0n) is 18.4. The predicted molar refractivity (Wildman–Crippen MR) is 129 cm³/mol. The van der Waals surface area contributed by atoms with Crippen LogP contribution in [0.2, 0.25) is 5.02 Å². The summed E-state index contributed by atoms with van der Waals surface area (Å²) in [5.74, 6) is -0.511. The van der Waals surface area contributed by atoms with Crippen LogP contribution in [0.25, 0.3) is 0 Å². The first kappa shape index (κ1) is 23.4. The van der Waals surface area contributed by atoms with Crippen molar-refractivity contribution >= 4 is 23.4 Å². The summed E-state index contributed by atoms with van der Waals surface area (Å²) in [5.41, 5.74) is 0.503. The van der Waals surface area contributed by atoms with Crippen LogP contribution in [-0.2, 0) is 16.6 Å². The first-order valence-electron chi connectivity index (χ1n) is 11.3. The number of rotatable bonds is 6. The fourth-order valence-electron chi connectivity index (χ4n) is 5.30. The average molecular weight is 504 g/mol. The molecule has 1 saturated heterocycles. The zero-order chi connectivity index (χ0) is 23.7. The van der Waals surface area contributed by atoms with Crippen molar-refractivity contribution in [2.24, 2.45) is 5.92 Å². The zero-order valence-corrected chi connectivity index (χ0v) is 19.9. The molecule has 0 aliphatic carbocycles. The van der Waals surface area contributed by atoms with E-state index in [9.17, 15) is 9.18 Å². The number of aromatic nitrogens is 1. The van der Waals surface area contributed by atoms with E-state index in [4.69, 9.17) is 21.1 Å². The van der Waals surface area contributed by atoms with E-state index in [1.54, 1.807) is 18.3 Å². The van der Waals surface area contributed by atoms with Crippen molar-refractivity contribution in [1.82, 2.24) is 4.98 Å². The van der Waals surface area contributed by atoms with Crippen molar-refractivity contribution in [3.8, 4) is 5.75 Å². The lowest BCUT2D eigenvalue weighted by Gasteiger charge is -2.51. The number of hydrogen-bond acceptors (Lipinski definition) is 4. The van der Waals surface area contributed by atoms with Gasteiger partial charge < -0.3 is 14.5 Å². The van der Waals surface area contributed by atoms with Crippen LogP contribution in [-0.4, -0.2) is 30.1 Å². The van der Waals surface area contributed by atoms with Crippen molar-refractivity contribution in [2.75, 3.05) is 19.0 Å². The number of ether oxygens (including phenoxy) is 2. The van der Waals surface area contributed by atoms with Crippen molar-refractivity contribution in [3.05, 3.63) is 92.9 Å². The lowest BCUT2D eigenvalue weighted by Crippen LogP contribution is -2.55. The Kier molecular flexibility index (Phi) is 6.69. The fraction of sp³-hybridized carbons (Fsp3) is 0.346. The Morgan fingerprint density at radius 3 is 2.71 bits per heavy atom. The molecule has 8 heteroatoms. The van der Waals surface area contributed by atoms with Crippen LogP contribution in [0, 0.1) is 17.6 Å². The Morgan fingerprint density at radius 2 is 1.91 bits per heavy atom. The molecule has 178 valence electrons. The second-order valence-corrected chi connectivity index (χ2v) is 10.3. The van der Waals surface area contributed by atoms with Gasteiger partial charge in [0.25, 0.3) is 5.56 Å². The van der Waals surface area contributed by atoms with Crippen LogP contribution in [0.4, 0.5) is 8.78 Å². The second-order valence-electron chi connectivity index (χ2n) is 8.77. The van der Waals surface area contributed by atoms with Gasteiger partial charge in [0.1, 0.15) is 5.82 Å². The quantitative estimate of drug-likeness (QED) is 0.434. The number of H-pyrrole nitrogens is 1. The molecule has 5 rings (SSSR count). The number of nitrogens with one attached hydrogen (secondary N) is 1. The fourth-order valence-corrected chi connectivity index (χ4v) is 6.36. The first-order chi connectivity index (χ1) is 16.5. The molecule has 4 nitrogen and oxygen atoms in total. The van der Waals surface area contributed by atoms with Gasteiger partial charge in [-0.05, 0) is 61.2 Å². The number of thioether (sulfide) groups is 1. The summed E-state index contributed by atoms with van der Waals surface area (Å²) < 4.78 is 42.0. The van der Waals surface area contributed by atoms with Gasteiger partial charge in [-0.2, -0.15) is 0 Å². The van der Waals surface area contributed by atoms with Gasteiger partial charge in [-0.15, -0.1) is 11.8 Å². The molecule has 1 aromatic heterocycles. The summed E-state index contributed by atoms with van der Waals surface area (Å²) in [7, 11) is 0. The van der Waals surface area contributed by atoms with Gasteiger partial charge in [0.05, 0.1) is 17.6 Å². The summed E-state index contributed by atoms with van der Waals surface area (Å²) in [6.07, 6.45) is 3.12. The summed E-state index contributed by atoms with van der Waals surface area (Å²) in [5, 5.41) is 0.625. The normalized spacial score (nSPS) is 23.6. The number of hydrogen-bond donors (Lipinski definition) is 1. The highest BCUT2D eigenvalue weighted by atomic mass is 35.5. The third kappa shape index (κ3) is 4.37. The highest BCUT2D eigenvalue weighted by Gasteiger charge is 2.53. The third-order valence-corrected chi connectivity index (χ3v) is 8.20. The molecule has 2 aliphatic rings. The van der Waals surface area contributed by atoms with Crippen molar-refractivity contribution in [1.29, 1.82) is 0 Å². The molecule has 0 unspecified atom stereocenters. The number of pyridine rings is 1. The topological polar surface area (TPSA) is 51.3 Å². The maximum Gasteiger partial charge on any atom is 0.261 e. The Bertz CT molecular complexity index is 1240. The summed E-state index contributed by atoms with van der Waals surface area (Å²) in [6.45, 7) is 0.670. The minimum absolute atomic E-state index is 0.0102. The lowest BCUT2D eigenvalue weighted by molar-refractivity contribution is -0.0961. The third-order valence-electron chi connectivity index (χ3n) is 6.88. The Labute approximate surface area is 205 Å². The van der Waals surface area contributed by atoms with E-state index in [2.05, 4.69) is 4.98 Å². The highest BCUT2D eigenvalue weighted by Crippen LogP contribution is 2.53. The van der Waals surface area contributed by atoms with Gasteiger partial charge in [0, 0.05) is 40.5 Å². The van der Waals surface area contributed by atoms with Crippen molar-refractivity contribution < 1.29 is 18.3 Å². The van der Waals surface area contributed by atoms with Gasteiger partial charge in [-0.3, -0.25) is 4.79 Å². The van der Waals surface area contributed by atoms with Crippen LogP contribution >= 0.6 is 23.4 Å². The molecule has 0 amide bonds. The summed E-state index contributed by atoms with van der Waals surface area (Å²) in [6, 6.07) is 13.4. The molecule has 0 saturated carbocycles. The molecule has 2 aliphatic heterocycles. The number of benzene rings is 2. The predicted octanol–water partition coefficient (Wildman–Crippen LogP) is 5.77. The minimum atomic E-state index is -0.675. The van der Waals surface area contributed by atoms with E-state index in [0.717, 1.165) is 11.6 Å². The molecule has 2 aromatic carbocycles. The molecular formula is C26H24ClF2NO3S. The first-order valence-corrected chi connectivity index (χ1v) is 12.6. The van der Waals surface area contributed by atoms with Gasteiger partial charge >= 0.3 is 0 Å². The molecule has 3 heterocycles. The largest absolute Gasteiger partial charge is 0.490 e. The molecule has 0 bridgehead atoms. The number of fused-ring (bicyclic) bond motifs is 3. The van der Waals surface area contributed by atoms with Crippen LogP contribution in [0.1, 0.15) is 24.0 Å². The van der Waals surface area contributed by atoms with Crippen molar-refractivity contribution in [3.63, 3.8) is 0 Å². The van der Waals surface area contributed by atoms with Gasteiger partial charge in [-0.25, -0.2) is 8.78 Å². The van der Waals surface area contributed by atoms with E-state index < -0.39 is 17.0 Å². The highest BCUT2D eigenvalue weighted by molar-refractivity contribution is 7.99. The van der Waals surface area contributed by atoms with Crippen LogP contribution in [0.5, 0.6) is 5.75 Å². The molecular weight excluding hydrogens is 480 g/mol. The van der Waals surface area contributed by atoms with E-state index in [1.165, 1.54) is 17.8 Å².